The van der Waals surface area contributed by atoms with E-state index in [1.54, 1.807) is 12.3 Å². The number of amides is 1. The van der Waals surface area contributed by atoms with E-state index in [2.05, 4.69) is 26.2 Å². The van der Waals surface area contributed by atoms with Gasteiger partial charge in [-0.25, -0.2) is 4.98 Å². The molecule has 1 aromatic heterocycles. The Kier molecular flexibility index (Phi) is 5.42. The van der Waals surface area contributed by atoms with Crippen molar-refractivity contribution < 1.29 is 4.79 Å². The zero-order chi connectivity index (χ0) is 12.0. The van der Waals surface area contributed by atoms with Crippen LogP contribution in [-0.4, -0.2) is 16.9 Å². The van der Waals surface area contributed by atoms with Crippen LogP contribution in [0.5, 0.6) is 0 Å². The van der Waals surface area contributed by atoms with Gasteiger partial charge in [-0.2, -0.15) is 0 Å². The molecule has 5 heteroatoms. The predicted molar refractivity (Wildman–Crippen MR) is 68.1 cm³/mol. The molecular formula is C11H16BrN3O. The third-order valence-corrected chi connectivity index (χ3v) is 2.53. The molecule has 88 valence electrons. The molecule has 0 radical (unpaired) electrons. The minimum absolute atomic E-state index is 0.0181. The number of nitrogens with zero attached hydrogens (tertiary/aromatic N) is 1. The lowest BCUT2D eigenvalue weighted by Crippen LogP contribution is -2.17. The fraction of sp³-hybridized carbons (Fsp3) is 0.455. The molecule has 1 heterocycles. The summed E-state index contributed by atoms with van der Waals surface area (Å²) >= 11 is 3.28. The van der Waals surface area contributed by atoms with Crippen molar-refractivity contribution in [2.45, 2.75) is 32.2 Å². The van der Waals surface area contributed by atoms with Gasteiger partial charge in [0, 0.05) is 23.1 Å². The van der Waals surface area contributed by atoms with E-state index >= 15 is 0 Å². The molecule has 0 bridgehead atoms. The number of carbonyl (C=O) groups excluding carboxylic acids is 1. The first-order valence-corrected chi connectivity index (χ1v) is 6.04. The summed E-state index contributed by atoms with van der Waals surface area (Å²) < 4.78 is 0.891. The van der Waals surface area contributed by atoms with Crippen LogP contribution < -0.4 is 11.1 Å². The highest BCUT2D eigenvalue weighted by atomic mass is 79.9. The lowest BCUT2D eigenvalue weighted by molar-refractivity contribution is -0.116. The van der Waals surface area contributed by atoms with Crippen molar-refractivity contribution in [2.24, 2.45) is 5.73 Å². The van der Waals surface area contributed by atoms with Gasteiger partial charge in [-0.1, -0.05) is 0 Å². The van der Waals surface area contributed by atoms with Crippen molar-refractivity contribution in [1.29, 1.82) is 0 Å². The third kappa shape index (κ3) is 5.23. The van der Waals surface area contributed by atoms with Crippen molar-refractivity contribution in [2.75, 3.05) is 5.32 Å². The number of hydrogen-bond acceptors (Lipinski definition) is 3. The van der Waals surface area contributed by atoms with Crippen molar-refractivity contribution in [1.82, 2.24) is 4.98 Å². The summed E-state index contributed by atoms with van der Waals surface area (Å²) in [6.45, 7) is 1.94. The molecule has 3 N–H and O–H groups in total. The van der Waals surface area contributed by atoms with E-state index in [-0.39, 0.29) is 11.9 Å². The van der Waals surface area contributed by atoms with E-state index in [0.29, 0.717) is 12.2 Å². The zero-order valence-corrected chi connectivity index (χ0v) is 10.8. The van der Waals surface area contributed by atoms with Gasteiger partial charge in [-0.3, -0.25) is 4.79 Å². The van der Waals surface area contributed by atoms with E-state index in [1.165, 1.54) is 0 Å². The molecule has 4 nitrogen and oxygen atoms in total. The zero-order valence-electron chi connectivity index (χ0n) is 9.24. The molecule has 1 rings (SSSR count). The molecule has 0 saturated heterocycles. The third-order valence-electron chi connectivity index (χ3n) is 2.06. The van der Waals surface area contributed by atoms with E-state index < -0.39 is 0 Å². The number of rotatable bonds is 5. The molecule has 16 heavy (non-hydrogen) atoms. The molecule has 0 aliphatic rings. The average molecular weight is 286 g/mol. The highest BCUT2D eigenvalue weighted by Gasteiger charge is 2.03. The summed E-state index contributed by atoms with van der Waals surface area (Å²) in [5.74, 6) is 0.560. The fourth-order valence-corrected chi connectivity index (χ4v) is 1.47. The largest absolute Gasteiger partial charge is 0.328 e. The van der Waals surface area contributed by atoms with Crippen LogP contribution in [0.15, 0.2) is 22.8 Å². The van der Waals surface area contributed by atoms with Crippen LogP contribution in [0.1, 0.15) is 26.2 Å². The highest BCUT2D eigenvalue weighted by Crippen LogP contribution is 2.11. The average Bonchev–Trinajstić information content (AvgIpc) is 2.21. The van der Waals surface area contributed by atoms with Gasteiger partial charge in [-0.05, 0) is 47.8 Å². The maximum absolute atomic E-state index is 11.5. The highest BCUT2D eigenvalue weighted by molar-refractivity contribution is 9.10. The van der Waals surface area contributed by atoms with Gasteiger partial charge in [0.25, 0.3) is 0 Å². The van der Waals surface area contributed by atoms with Gasteiger partial charge in [0.15, 0.2) is 0 Å². The molecular weight excluding hydrogens is 270 g/mol. The Labute approximate surface area is 104 Å². The van der Waals surface area contributed by atoms with Crippen LogP contribution in [-0.2, 0) is 4.79 Å². The van der Waals surface area contributed by atoms with Gasteiger partial charge >= 0.3 is 0 Å². The van der Waals surface area contributed by atoms with E-state index in [4.69, 9.17) is 5.73 Å². The molecule has 0 aliphatic carbocycles. The summed E-state index contributed by atoms with van der Waals surface area (Å²) in [5.41, 5.74) is 5.60. The number of hydrogen-bond donors (Lipinski definition) is 2. The van der Waals surface area contributed by atoms with E-state index in [1.807, 2.05) is 13.0 Å². The summed E-state index contributed by atoms with van der Waals surface area (Å²) in [5, 5.41) is 2.73. The standard InChI is InChI=1S/C11H16BrN3O/c1-8(13)3-2-4-11(16)15-10-6-5-9(12)7-14-10/h5-8H,2-4,13H2,1H3,(H,14,15,16). The number of anilines is 1. The maximum atomic E-state index is 11.5. The molecule has 1 atom stereocenters. The molecule has 0 aliphatic heterocycles. The van der Waals surface area contributed by atoms with Crippen molar-refractivity contribution in [3.63, 3.8) is 0 Å². The van der Waals surface area contributed by atoms with Gasteiger partial charge < -0.3 is 11.1 Å². The maximum Gasteiger partial charge on any atom is 0.225 e. The Hall–Kier alpha value is -0.940. The van der Waals surface area contributed by atoms with Gasteiger partial charge in [0.2, 0.25) is 5.91 Å². The number of nitrogens with two attached hydrogens (primary N) is 1. The number of nitrogens with one attached hydrogen (secondary N) is 1. The summed E-state index contributed by atoms with van der Waals surface area (Å²) in [4.78, 5) is 15.5. The first kappa shape index (κ1) is 13.1. The van der Waals surface area contributed by atoms with E-state index in [9.17, 15) is 4.79 Å². The van der Waals surface area contributed by atoms with Crippen LogP contribution in [0.25, 0.3) is 0 Å². The minimum atomic E-state index is -0.0181. The molecule has 1 amide bonds. The smallest absolute Gasteiger partial charge is 0.225 e. The van der Waals surface area contributed by atoms with Crippen LogP contribution in [0.3, 0.4) is 0 Å². The Morgan fingerprint density at radius 3 is 2.94 bits per heavy atom. The van der Waals surface area contributed by atoms with Crippen LogP contribution in [0, 0.1) is 0 Å². The van der Waals surface area contributed by atoms with Crippen LogP contribution in [0.2, 0.25) is 0 Å². The monoisotopic (exact) mass is 285 g/mol. The fourth-order valence-electron chi connectivity index (χ4n) is 1.24. The summed E-state index contributed by atoms with van der Waals surface area (Å²) in [7, 11) is 0. The number of halogens is 1. The SMILES string of the molecule is CC(N)CCCC(=O)Nc1ccc(Br)cn1. The van der Waals surface area contributed by atoms with Gasteiger partial charge in [0.05, 0.1) is 0 Å². The number of carbonyl (C=O) groups is 1. The molecule has 0 aromatic carbocycles. The Morgan fingerprint density at radius 2 is 2.38 bits per heavy atom. The molecule has 0 fully saturated rings. The summed E-state index contributed by atoms with van der Waals surface area (Å²) in [6.07, 6.45) is 3.80. The molecule has 1 unspecified atom stereocenters. The Balaban J connectivity index is 2.31. The first-order chi connectivity index (χ1) is 7.58. The molecule has 1 aromatic rings. The minimum Gasteiger partial charge on any atom is -0.328 e. The number of aromatic nitrogens is 1. The normalized spacial score (nSPS) is 12.2. The Morgan fingerprint density at radius 1 is 1.62 bits per heavy atom. The molecule has 0 saturated carbocycles. The van der Waals surface area contributed by atoms with Crippen LogP contribution >= 0.6 is 15.9 Å². The van der Waals surface area contributed by atoms with Crippen molar-refractivity contribution in [3.05, 3.63) is 22.8 Å². The van der Waals surface area contributed by atoms with Crippen molar-refractivity contribution >= 4 is 27.7 Å². The lowest BCUT2D eigenvalue weighted by atomic mass is 10.1. The van der Waals surface area contributed by atoms with Crippen molar-refractivity contribution in [3.8, 4) is 0 Å². The lowest BCUT2D eigenvalue weighted by Gasteiger charge is -2.05. The second kappa shape index (κ2) is 6.60. The number of pyridine rings is 1. The summed E-state index contributed by atoms with van der Waals surface area (Å²) in [6, 6.07) is 3.75. The van der Waals surface area contributed by atoms with Crippen LogP contribution in [0.4, 0.5) is 5.82 Å². The first-order valence-electron chi connectivity index (χ1n) is 5.25. The Bertz CT molecular complexity index is 338. The van der Waals surface area contributed by atoms with E-state index in [0.717, 1.165) is 17.3 Å². The predicted octanol–water partition coefficient (Wildman–Crippen LogP) is 2.30. The van der Waals surface area contributed by atoms with Gasteiger partial charge in [-0.15, -0.1) is 0 Å². The second-order valence-electron chi connectivity index (χ2n) is 3.78. The quantitative estimate of drug-likeness (QED) is 0.872. The van der Waals surface area contributed by atoms with Gasteiger partial charge in [0.1, 0.15) is 5.82 Å². The second-order valence-corrected chi connectivity index (χ2v) is 4.70. The topological polar surface area (TPSA) is 68.0 Å². The molecule has 0 spiro atoms.